The van der Waals surface area contributed by atoms with Gasteiger partial charge >= 0.3 is 24.1 Å². The summed E-state index contributed by atoms with van der Waals surface area (Å²) < 4.78 is 14.5. The van der Waals surface area contributed by atoms with E-state index in [1.807, 2.05) is 12.1 Å². The van der Waals surface area contributed by atoms with Gasteiger partial charge < -0.3 is 24.8 Å². The van der Waals surface area contributed by atoms with Gasteiger partial charge in [-0.3, -0.25) is 0 Å². The standard InChI is InChI=1S/C20H18N2O7/c23-17-15(21-19(25)27-11-13-7-3-1-4-8-13)16(18(24)29-17)22-20(26)28-12-14-9-5-2-6-10-14/h1-10,15-16H,11-12H2,(H,21,25)(H,22,26)/t15-,16-/m1/s1. The average Bonchev–Trinajstić information content (AvgIpc) is 2.99. The number of hydrogen-bond acceptors (Lipinski definition) is 7. The van der Waals surface area contributed by atoms with Crippen molar-refractivity contribution >= 4 is 24.1 Å². The topological polar surface area (TPSA) is 120 Å². The molecule has 0 spiro atoms. The third kappa shape index (κ3) is 5.55. The highest BCUT2D eigenvalue weighted by Gasteiger charge is 2.47. The van der Waals surface area contributed by atoms with Gasteiger partial charge in [-0.2, -0.15) is 0 Å². The van der Waals surface area contributed by atoms with Crippen LogP contribution in [0.5, 0.6) is 0 Å². The van der Waals surface area contributed by atoms with Crippen molar-refractivity contribution in [3.8, 4) is 0 Å². The number of cyclic esters (lactones) is 2. The Balaban J connectivity index is 1.52. The highest BCUT2D eigenvalue weighted by Crippen LogP contribution is 2.11. The van der Waals surface area contributed by atoms with Crippen LogP contribution in [0.4, 0.5) is 9.59 Å². The van der Waals surface area contributed by atoms with Gasteiger partial charge in [0, 0.05) is 0 Å². The van der Waals surface area contributed by atoms with Gasteiger partial charge in [0.25, 0.3) is 0 Å². The van der Waals surface area contributed by atoms with E-state index >= 15 is 0 Å². The number of benzene rings is 2. The van der Waals surface area contributed by atoms with Crippen molar-refractivity contribution in [1.29, 1.82) is 0 Å². The summed E-state index contributed by atoms with van der Waals surface area (Å²) in [6, 6.07) is 15.0. The Morgan fingerprint density at radius 1 is 0.724 bits per heavy atom. The van der Waals surface area contributed by atoms with Gasteiger partial charge in [0.1, 0.15) is 13.2 Å². The van der Waals surface area contributed by atoms with E-state index in [-0.39, 0.29) is 13.2 Å². The first-order chi connectivity index (χ1) is 14.0. The summed E-state index contributed by atoms with van der Waals surface area (Å²) in [6.45, 7) is -0.0563. The molecule has 29 heavy (non-hydrogen) atoms. The first-order valence-corrected chi connectivity index (χ1v) is 8.73. The Hall–Kier alpha value is -3.88. The van der Waals surface area contributed by atoms with Crippen molar-refractivity contribution in [2.75, 3.05) is 0 Å². The van der Waals surface area contributed by atoms with E-state index in [4.69, 9.17) is 9.47 Å². The van der Waals surface area contributed by atoms with Crippen LogP contribution >= 0.6 is 0 Å². The molecule has 0 bridgehead atoms. The maximum Gasteiger partial charge on any atom is 0.408 e. The zero-order valence-corrected chi connectivity index (χ0v) is 15.2. The highest BCUT2D eigenvalue weighted by atomic mass is 16.6. The zero-order chi connectivity index (χ0) is 20.6. The van der Waals surface area contributed by atoms with Gasteiger partial charge in [0.2, 0.25) is 0 Å². The first kappa shape index (κ1) is 19.9. The van der Waals surface area contributed by atoms with Crippen molar-refractivity contribution in [3.63, 3.8) is 0 Å². The molecular weight excluding hydrogens is 380 g/mol. The molecule has 0 unspecified atom stereocenters. The minimum atomic E-state index is -1.42. The molecule has 2 aromatic rings. The molecule has 3 rings (SSSR count). The molecule has 1 fully saturated rings. The normalized spacial score (nSPS) is 17.9. The number of esters is 2. The lowest BCUT2D eigenvalue weighted by molar-refractivity contribution is -0.153. The Morgan fingerprint density at radius 3 is 1.48 bits per heavy atom. The van der Waals surface area contributed by atoms with Crippen molar-refractivity contribution < 1.29 is 33.4 Å². The van der Waals surface area contributed by atoms with Crippen molar-refractivity contribution in [1.82, 2.24) is 10.6 Å². The summed E-state index contributed by atoms with van der Waals surface area (Å²) in [4.78, 5) is 47.7. The summed E-state index contributed by atoms with van der Waals surface area (Å²) in [5.41, 5.74) is 1.48. The molecule has 1 aliphatic heterocycles. The molecule has 0 aromatic heterocycles. The largest absolute Gasteiger partial charge is 0.445 e. The van der Waals surface area contributed by atoms with Crippen LogP contribution in [0.2, 0.25) is 0 Å². The van der Waals surface area contributed by atoms with Crippen molar-refractivity contribution in [2.45, 2.75) is 25.3 Å². The predicted molar refractivity (Wildman–Crippen MR) is 98.2 cm³/mol. The monoisotopic (exact) mass is 398 g/mol. The molecule has 9 nitrogen and oxygen atoms in total. The number of carbonyl (C=O) groups is 4. The van der Waals surface area contributed by atoms with Crippen LogP contribution in [0.1, 0.15) is 11.1 Å². The molecule has 1 saturated heterocycles. The van der Waals surface area contributed by atoms with E-state index in [1.165, 1.54) is 0 Å². The molecule has 0 aliphatic carbocycles. The van der Waals surface area contributed by atoms with E-state index in [0.717, 1.165) is 11.1 Å². The number of carbonyl (C=O) groups excluding carboxylic acids is 4. The number of amides is 2. The van der Waals surface area contributed by atoms with E-state index in [0.29, 0.717) is 0 Å². The summed E-state index contributed by atoms with van der Waals surface area (Å²) in [5, 5.41) is 4.46. The van der Waals surface area contributed by atoms with Crippen LogP contribution in [0.15, 0.2) is 60.7 Å². The van der Waals surface area contributed by atoms with Gasteiger partial charge in [-0.15, -0.1) is 0 Å². The summed E-state index contributed by atoms with van der Waals surface area (Å²) in [7, 11) is 0. The lowest BCUT2D eigenvalue weighted by atomic mass is 10.1. The van der Waals surface area contributed by atoms with Crippen molar-refractivity contribution in [3.05, 3.63) is 71.8 Å². The maximum atomic E-state index is 12.0. The fraction of sp³-hybridized carbons (Fsp3) is 0.200. The molecule has 0 radical (unpaired) electrons. The number of rotatable bonds is 6. The predicted octanol–water partition coefficient (Wildman–Crippen LogP) is 1.66. The molecule has 2 N–H and O–H groups in total. The van der Waals surface area contributed by atoms with Crippen LogP contribution in [0.25, 0.3) is 0 Å². The van der Waals surface area contributed by atoms with Gasteiger partial charge in [0.15, 0.2) is 12.1 Å². The lowest BCUT2D eigenvalue weighted by Crippen LogP contribution is -2.53. The van der Waals surface area contributed by atoms with Gasteiger partial charge in [-0.1, -0.05) is 60.7 Å². The lowest BCUT2D eigenvalue weighted by Gasteiger charge is -2.16. The Morgan fingerprint density at radius 2 is 1.10 bits per heavy atom. The molecule has 1 heterocycles. The highest BCUT2D eigenvalue weighted by molar-refractivity contribution is 6.03. The molecule has 2 aromatic carbocycles. The minimum absolute atomic E-state index is 0.0282. The Labute approximate surface area is 165 Å². The fourth-order valence-corrected chi connectivity index (χ4v) is 2.57. The summed E-state index contributed by atoms with van der Waals surface area (Å²) >= 11 is 0. The molecule has 1 aliphatic rings. The van der Waals surface area contributed by atoms with Crippen LogP contribution < -0.4 is 10.6 Å². The minimum Gasteiger partial charge on any atom is -0.445 e. The van der Waals surface area contributed by atoms with Crippen LogP contribution in [0.3, 0.4) is 0 Å². The SMILES string of the molecule is O=C(N[C@H]1C(=O)OC(=O)[C@@H]1NC(=O)OCc1ccccc1)OCc1ccccc1. The van der Waals surface area contributed by atoms with Crippen LogP contribution in [-0.4, -0.2) is 36.2 Å². The third-order valence-electron chi connectivity index (χ3n) is 4.01. The Kier molecular flexibility index (Phi) is 6.41. The van der Waals surface area contributed by atoms with E-state index in [9.17, 15) is 19.2 Å². The first-order valence-electron chi connectivity index (χ1n) is 8.73. The van der Waals surface area contributed by atoms with Gasteiger partial charge in [-0.05, 0) is 11.1 Å². The second kappa shape index (κ2) is 9.36. The fourth-order valence-electron chi connectivity index (χ4n) is 2.57. The van der Waals surface area contributed by atoms with Gasteiger partial charge in [-0.25, -0.2) is 19.2 Å². The number of ether oxygens (including phenoxy) is 3. The van der Waals surface area contributed by atoms with E-state index in [1.54, 1.807) is 48.5 Å². The molecule has 0 saturated carbocycles. The number of nitrogens with one attached hydrogen (secondary N) is 2. The Bertz CT molecular complexity index is 813. The van der Waals surface area contributed by atoms with Gasteiger partial charge in [0.05, 0.1) is 0 Å². The van der Waals surface area contributed by atoms with Crippen LogP contribution in [0, 0.1) is 0 Å². The molecule has 2 atom stereocenters. The second-order valence-electron chi connectivity index (χ2n) is 6.11. The smallest absolute Gasteiger partial charge is 0.408 e. The zero-order valence-electron chi connectivity index (χ0n) is 15.2. The number of hydrogen-bond donors (Lipinski definition) is 2. The van der Waals surface area contributed by atoms with Crippen molar-refractivity contribution in [2.24, 2.45) is 0 Å². The average molecular weight is 398 g/mol. The molecule has 150 valence electrons. The quantitative estimate of drug-likeness (QED) is 0.431. The second-order valence-corrected chi connectivity index (χ2v) is 6.11. The summed E-state index contributed by atoms with van der Waals surface area (Å²) in [5.74, 6) is -2.00. The van der Waals surface area contributed by atoms with E-state index in [2.05, 4.69) is 15.4 Å². The maximum absolute atomic E-state index is 12.0. The van der Waals surface area contributed by atoms with E-state index < -0.39 is 36.2 Å². The molecule has 9 heteroatoms. The van der Waals surface area contributed by atoms with Crippen LogP contribution in [-0.2, 0) is 37.0 Å². The third-order valence-corrected chi connectivity index (χ3v) is 4.01. The molecular formula is C20H18N2O7. The summed E-state index contributed by atoms with van der Waals surface area (Å²) in [6.07, 6.45) is -1.87. The molecule has 2 amide bonds. The number of alkyl carbamates (subject to hydrolysis) is 2.